The van der Waals surface area contributed by atoms with E-state index in [1.807, 2.05) is 25.1 Å². The molecule has 18 heavy (non-hydrogen) atoms. The zero-order chi connectivity index (χ0) is 13.5. The van der Waals surface area contributed by atoms with Crippen LogP contribution in [0.25, 0.3) is 11.3 Å². The van der Waals surface area contributed by atoms with E-state index in [4.69, 9.17) is 17.3 Å². The molecular weight excluding hydrogens is 264 g/mol. The number of nitrogen functional groups attached to an aromatic ring is 1. The Bertz CT molecular complexity index is 582. The van der Waals surface area contributed by atoms with Crippen molar-refractivity contribution in [1.29, 1.82) is 0 Å². The molecule has 1 heterocycles. The minimum atomic E-state index is 0.0194. The highest BCUT2D eigenvalue weighted by molar-refractivity contribution is 7.16. The number of nitrogens with zero attached hydrogens (tertiary/aromatic N) is 1. The second-order valence-corrected chi connectivity index (χ2v) is 6.88. The summed E-state index contributed by atoms with van der Waals surface area (Å²) in [6, 6.07) is 5.93. The maximum Gasteiger partial charge on any atom is 0.114 e. The first-order chi connectivity index (χ1) is 8.29. The van der Waals surface area contributed by atoms with Crippen LogP contribution >= 0.6 is 22.9 Å². The molecule has 0 radical (unpaired) electrons. The Morgan fingerprint density at radius 1 is 1.28 bits per heavy atom. The molecule has 0 bridgehead atoms. The maximum absolute atomic E-state index is 6.15. The van der Waals surface area contributed by atoms with E-state index in [1.54, 1.807) is 11.3 Å². The summed E-state index contributed by atoms with van der Waals surface area (Å²) in [5.41, 5.74) is 8.97. The van der Waals surface area contributed by atoms with E-state index in [9.17, 15) is 0 Å². The molecule has 0 aliphatic carbocycles. The lowest BCUT2D eigenvalue weighted by Gasteiger charge is -2.13. The number of anilines is 1. The highest BCUT2D eigenvalue weighted by Crippen LogP contribution is 2.37. The molecule has 4 heteroatoms. The Balaban J connectivity index is 2.51. The summed E-state index contributed by atoms with van der Waals surface area (Å²) in [5, 5.41) is 2.55. The quantitative estimate of drug-likeness (QED) is 0.826. The van der Waals surface area contributed by atoms with Crippen LogP contribution in [0, 0.1) is 6.92 Å². The zero-order valence-electron chi connectivity index (χ0n) is 11.0. The van der Waals surface area contributed by atoms with Crippen molar-refractivity contribution in [1.82, 2.24) is 4.98 Å². The largest absolute Gasteiger partial charge is 0.389 e. The molecule has 2 nitrogen and oxygen atoms in total. The molecule has 0 unspecified atom stereocenters. The number of benzene rings is 1. The number of nitrogens with two attached hydrogens (primary N) is 1. The normalized spacial score (nSPS) is 11.8. The molecule has 0 spiro atoms. The summed E-state index contributed by atoms with van der Waals surface area (Å²) >= 11 is 7.70. The standard InChI is InChI=1S/C14H17ClN2S/c1-8-5-6-9(7-10(8)15)11-12(16)18-13(17-11)14(2,3)4/h5-7H,16H2,1-4H3. The Kier molecular flexibility index (Phi) is 3.39. The van der Waals surface area contributed by atoms with E-state index < -0.39 is 0 Å². The van der Waals surface area contributed by atoms with Crippen molar-refractivity contribution in [2.24, 2.45) is 0 Å². The zero-order valence-corrected chi connectivity index (χ0v) is 12.6. The predicted molar refractivity (Wildman–Crippen MR) is 80.4 cm³/mol. The minimum absolute atomic E-state index is 0.0194. The number of hydrogen-bond acceptors (Lipinski definition) is 3. The molecule has 96 valence electrons. The Morgan fingerprint density at radius 3 is 2.44 bits per heavy atom. The van der Waals surface area contributed by atoms with Gasteiger partial charge in [-0.25, -0.2) is 4.98 Å². The summed E-state index contributed by atoms with van der Waals surface area (Å²) in [7, 11) is 0. The fourth-order valence-corrected chi connectivity index (χ4v) is 2.69. The molecule has 0 aliphatic rings. The van der Waals surface area contributed by atoms with Gasteiger partial charge in [-0.1, -0.05) is 44.5 Å². The van der Waals surface area contributed by atoms with Crippen LogP contribution in [0.3, 0.4) is 0 Å². The van der Waals surface area contributed by atoms with Crippen LogP contribution in [0.15, 0.2) is 18.2 Å². The van der Waals surface area contributed by atoms with E-state index in [-0.39, 0.29) is 5.41 Å². The van der Waals surface area contributed by atoms with Crippen molar-refractivity contribution in [2.45, 2.75) is 33.1 Å². The minimum Gasteiger partial charge on any atom is -0.389 e. The molecular formula is C14H17ClN2S. The first-order valence-corrected chi connectivity index (χ1v) is 7.02. The van der Waals surface area contributed by atoms with Gasteiger partial charge in [0.15, 0.2) is 0 Å². The molecule has 0 amide bonds. The molecule has 0 atom stereocenters. The van der Waals surface area contributed by atoms with Crippen LogP contribution in [0.1, 0.15) is 31.3 Å². The fourth-order valence-electron chi connectivity index (χ4n) is 1.60. The molecule has 0 saturated carbocycles. The fraction of sp³-hybridized carbons (Fsp3) is 0.357. The van der Waals surface area contributed by atoms with Crippen LogP contribution in [0.2, 0.25) is 5.02 Å². The molecule has 2 rings (SSSR count). The van der Waals surface area contributed by atoms with Gasteiger partial charge in [0.1, 0.15) is 15.7 Å². The van der Waals surface area contributed by atoms with Gasteiger partial charge < -0.3 is 5.73 Å². The third-order valence-electron chi connectivity index (χ3n) is 2.74. The number of halogens is 1. The van der Waals surface area contributed by atoms with E-state index >= 15 is 0 Å². The van der Waals surface area contributed by atoms with Gasteiger partial charge in [0.05, 0.1) is 0 Å². The van der Waals surface area contributed by atoms with Crippen molar-refractivity contribution in [3.05, 3.63) is 33.8 Å². The van der Waals surface area contributed by atoms with Crippen molar-refractivity contribution < 1.29 is 0 Å². The van der Waals surface area contributed by atoms with Crippen molar-refractivity contribution in [3.63, 3.8) is 0 Å². The van der Waals surface area contributed by atoms with Gasteiger partial charge in [0.2, 0.25) is 0 Å². The number of hydrogen-bond donors (Lipinski definition) is 1. The van der Waals surface area contributed by atoms with E-state index in [0.717, 1.165) is 31.9 Å². The van der Waals surface area contributed by atoms with Gasteiger partial charge in [-0.3, -0.25) is 0 Å². The number of aryl methyl sites for hydroxylation is 1. The lowest BCUT2D eigenvalue weighted by molar-refractivity contribution is 0.586. The highest BCUT2D eigenvalue weighted by Gasteiger charge is 2.21. The summed E-state index contributed by atoms with van der Waals surface area (Å²) < 4.78 is 0. The molecule has 2 N–H and O–H groups in total. The van der Waals surface area contributed by atoms with Crippen LogP contribution < -0.4 is 5.73 Å². The van der Waals surface area contributed by atoms with Gasteiger partial charge in [0.25, 0.3) is 0 Å². The topological polar surface area (TPSA) is 38.9 Å². The second kappa shape index (κ2) is 4.56. The average molecular weight is 281 g/mol. The van der Waals surface area contributed by atoms with Crippen molar-refractivity contribution in [3.8, 4) is 11.3 Å². The van der Waals surface area contributed by atoms with Crippen LogP contribution in [0.4, 0.5) is 5.00 Å². The summed E-state index contributed by atoms with van der Waals surface area (Å²) in [6.45, 7) is 8.39. The van der Waals surface area contributed by atoms with Crippen LogP contribution in [0.5, 0.6) is 0 Å². The van der Waals surface area contributed by atoms with Gasteiger partial charge in [0, 0.05) is 16.0 Å². The third kappa shape index (κ3) is 2.52. The molecule has 1 aromatic heterocycles. The molecule has 1 aromatic carbocycles. The number of thiazole rings is 1. The van der Waals surface area contributed by atoms with Gasteiger partial charge >= 0.3 is 0 Å². The highest BCUT2D eigenvalue weighted by atomic mass is 35.5. The maximum atomic E-state index is 6.15. The lowest BCUT2D eigenvalue weighted by atomic mass is 9.98. The first kappa shape index (κ1) is 13.4. The molecule has 0 fully saturated rings. The molecule has 0 saturated heterocycles. The monoisotopic (exact) mass is 280 g/mol. The molecule has 0 aliphatic heterocycles. The van der Waals surface area contributed by atoms with Crippen molar-refractivity contribution in [2.75, 3.05) is 5.73 Å². The lowest BCUT2D eigenvalue weighted by Crippen LogP contribution is -2.10. The smallest absolute Gasteiger partial charge is 0.114 e. The Hall–Kier alpha value is -1.06. The van der Waals surface area contributed by atoms with Crippen LogP contribution in [-0.4, -0.2) is 4.98 Å². The molecule has 2 aromatic rings. The summed E-state index contributed by atoms with van der Waals surface area (Å²) in [6.07, 6.45) is 0. The summed E-state index contributed by atoms with van der Waals surface area (Å²) in [5.74, 6) is 0. The Labute approximate surface area is 117 Å². The number of rotatable bonds is 1. The SMILES string of the molecule is Cc1ccc(-c2nc(C(C)(C)C)sc2N)cc1Cl. The first-order valence-electron chi connectivity index (χ1n) is 5.82. The third-order valence-corrected chi connectivity index (χ3v) is 4.46. The predicted octanol–water partition coefficient (Wildman–Crippen LogP) is 4.65. The average Bonchev–Trinajstić information content (AvgIpc) is 2.64. The summed E-state index contributed by atoms with van der Waals surface area (Å²) in [4.78, 5) is 4.66. The van der Waals surface area contributed by atoms with Gasteiger partial charge in [-0.05, 0) is 18.6 Å². The van der Waals surface area contributed by atoms with E-state index in [1.165, 1.54) is 0 Å². The van der Waals surface area contributed by atoms with Crippen LogP contribution in [-0.2, 0) is 5.41 Å². The van der Waals surface area contributed by atoms with E-state index in [0.29, 0.717) is 0 Å². The van der Waals surface area contributed by atoms with Crippen molar-refractivity contribution >= 4 is 27.9 Å². The van der Waals surface area contributed by atoms with Gasteiger partial charge in [-0.2, -0.15) is 0 Å². The second-order valence-electron chi connectivity index (χ2n) is 5.45. The van der Waals surface area contributed by atoms with Gasteiger partial charge in [-0.15, -0.1) is 11.3 Å². The Morgan fingerprint density at radius 2 is 1.94 bits per heavy atom. The number of aromatic nitrogens is 1. The van der Waals surface area contributed by atoms with E-state index in [2.05, 4.69) is 25.8 Å².